The summed E-state index contributed by atoms with van der Waals surface area (Å²) in [7, 11) is 0. The van der Waals surface area contributed by atoms with E-state index in [4.69, 9.17) is 26.1 Å². The van der Waals surface area contributed by atoms with Crippen molar-refractivity contribution in [2.75, 3.05) is 0 Å². The van der Waals surface area contributed by atoms with E-state index in [2.05, 4.69) is 15.8 Å². The summed E-state index contributed by atoms with van der Waals surface area (Å²) >= 11 is 6.17. The number of amides is 2. The van der Waals surface area contributed by atoms with Crippen molar-refractivity contribution in [2.45, 2.75) is 32.0 Å². The molecule has 0 fully saturated rings. The number of nitriles is 1. The molecule has 2 amide bonds. The predicted octanol–water partition coefficient (Wildman–Crippen LogP) is 5.28. The monoisotopic (exact) mass is 572 g/mol. The maximum atomic E-state index is 12.8. The van der Waals surface area contributed by atoms with Gasteiger partial charge in [0.25, 0.3) is 5.91 Å². The third-order valence-corrected chi connectivity index (χ3v) is 6.56. The number of carbonyl (C=O) groups excluding carboxylic acids is 2. The first kappa shape index (κ1) is 28.9. The molecule has 0 aliphatic rings. The summed E-state index contributed by atoms with van der Waals surface area (Å²) in [6.45, 7) is 1.79. The standard InChI is InChI=1S/C30H25ClN4O6/c1-18(24-7-2-3-8-25(24)31)41-30(39)33-16-23-17-40-35-27(23)21-9-11-22(12-10-21)28(36)34-26(29(37)38)14-19-5-4-6-20(13-19)15-32/h2-13,17-18,26H,14,16H2,1H3,(H,33,39)(H,34,36)(H,37,38). The Morgan fingerprint density at radius 3 is 2.56 bits per heavy atom. The van der Waals surface area contributed by atoms with Crippen molar-refractivity contribution in [3.63, 3.8) is 0 Å². The molecule has 0 aliphatic carbocycles. The first-order valence-corrected chi connectivity index (χ1v) is 12.9. The van der Waals surface area contributed by atoms with Crippen LogP contribution in [0.3, 0.4) is 0 Å². The summed E-state index contributed by atoms with van der Waals surface area (Å²) in [6.07, 6.45) is 0.201. The summed E-state index contributed by atoms with van der Waals surface area (Å²) in [5, 5.41) is 28.4. The van der Waals surface area contributed by atoms with Gasteiger partial charge in [0, 0.05) is 33.7 Å². The Kier molecular flexibility index (Phi) is 9.35. The molecule has 0 saturated carbocycles. The number of aromatic nitrogens is 1. The van der Waals surface area contributed by atoms with Crippen molar-refractivity contribution < 1.29 is 28.8 Å². The maximum Gasteiger partial charge on any atom is 0.408 e. The molecule has 10 nitrogen and oxygen atoms in total. The summed E-state index contributed by atoms with van der Waals surface area (Å²) in [5.74, 6) is -1.77. The summed E-state index contributed by atoms with van der Waals surface area (Å²) < 4.78 is 10.5. The number of nitrogens with one attached hydrogen (secondary N) is 2. The predicted molar refractivity (Wildman–Crippen MR) is 149 cm³/mol. The van der Waals surface area contributed by atoms with E-state index in [-0.39, 0.29) is 18.5 Å². The molecule has 2 unspecified atom stereocenters. The number of halogens is 1. The minimum absolute atomic E-state index is 0.0174. The number of hydrogen-bond acceptors (Lipinski definition) is 7. The average molecular weight is 573 g/mol. The lowest BCUT2D eigenvalue weighted by Gasteiger charge is -2.15. The van der Waals surface area contributed by atoms with E-state index < -0.39 is 30.1 Å². The van der Waals surface area contributed by atoms with Crippen LogP contribution in [-0.2, 0) is 22.5 Å². The molecule has 4 aromatic rings. The third-order valence-electron chi connectivity index (χ3n) is 6.21. The van der Waals surface area contributed by atoms with Gasteiger partial charge in [-0.25, -0.2) is 9.59 Å². The Balaban J connectivity index is 1.36. The highest BCUT2D eigenvalue weighted by Gasteiger charge is 2.22. The molecule has 41 heavy (non-hydrogen) atoms. The van der Waals surface area contributed by atoms with Crippen LogP contribution in [0.5, 0.6) is 0 Å². The van der Waals surface area contributed by atoms with Gasteiger partial charge in [0.1, 0.15) is 24.1 Å². The normalized spacial score (nSPS) is 12.0. The minimum atomic E-state index is -1.20. The maximum absolute atomic E-state index is 12.8. The lowest BCUT2D eigenvalue weighted by molar-refractivity contribution is -0.139. The van der Waals surface area contributed by atoms with Crippen molar-refractivity contribution in [3.05, 3.63) is 112 Å². The Labute approximate surface area is 240 Å². The zero-order valence-corrected chi connectivity index (χ0v) is 22.6. The lowest BCUT2D eigenvalue weighted by Crippen LogP contribution is -2.42. The Morgan fingerprint density at radius 1 is 1.10 bits per heavy atom. The van der Waals surface area contributed by atoms with Crippen LogP contribution in [0.4, 0.5) is 4.79 Å². The van der Waals surface area contributed by atoms with Crippen LogP contribution in [0, 0.1) is 11.3 Å². The number of alkyl carbamates (subject to hydrolysis) is 1. The van der Waals surface area contributed by atoms with Crippen LogP contribution in [-0.4, -0.2) is 34.3 Å². The quantitative estimate of drug-likeness (QED) is 0.232. The zero-order valence-electron chi connectivity index (χ0n) is 21.8. The molecule has 0 radical (unpaired) electrons. The minimum Gasteiger partial charge on any atom is -0.480 e. The van der Waals surface area contributed by atoms with Crippen molar-refractivity contribution in [1.29, 1.82) is 5.26 Å². The number of carboxylic acid groups (broad SMARTS) is 1. The van der Waals surface area contributed by atoms with E-state index in [0.717, 1.165) is 0 Å². The lowest BCUT2D eigenvalue weighted by atomic mass is 10.0. The number of carboxylic acids is 1. The average Bonchev–Trinajstić information content (AvgIpc) is 3.44. The van der Waals surface area contributed by atoms with Gasteiger partial charge in [0.15, 0.2) is 0 Å². The largest absolute Gasteiger partial charge is 0.480 e. The molecule has 11 heteroatoms. The third kappa shape index (κ3) is 7.50. The van der Waals surface area contributed by atoms with E-state index in [1.165, 1.54) is 18.4 Å². The fourth-order valence-corrected chi connectivity index (χ4v) is 4.37. The summed E-state index contributed by atoms with van der Waals surface area (Å²) in [4.78, 5) is 36.9. The molecule has 4 rings (SSSR count). The van der Waals surface area contributed by atoms with Crippen LogP contribution < -0.4 is 10.6 Å². The van der Waals surface area contributed by atoms with Crippen molar-refractivity contribution >= 4 is 29.6 Å². The van der Waals surface area contributed by atoms with Gasteiger partial charge >= 0.3 is 12.1 Å². The van der Waals surface area contributed by atoms with Gasteiger partial charge in [-0.05, 0) is 42.8 Å². The van der Waals surface area contributed by atoms with Crippen molar-refractivity contribution in [2.24, 2.45) is 0 Å². The summed E-state index contributed by atoms with van der Waals surface area (Å²) in [5.41, 5.74) is 3.59. The molecule has 3 N–H and O–H groups in total. The van der Waals surface area contributed by atoms with Crippen LogP contribution in [0.15, 0.2) is 83.6 Å². The Bertz CT molecular complexity index is 1600. The van der Waals surface area contributed by atoms with Crippen LogP contribution in [0.1, 0.15) is 45.6 Å². The fraction of sp³-hybridized carbons (Fsp3) is 0.167. The molecule has 2 atom stereocenters. The number of nitrogens with zero attached hydrogens (tertiary/aromatic N) is 2. The van der Waals surface area contributed by atoms with Crippen LogP contribution in [0.25, 0.3) is 11.3 Å². The second-order valence-electron chi connectivity index (χ2n) is 9.07. The highest BCUT2D eigenvalue weighted by molar-refractivity contribution is 6.31. The first-order valence-electron chi connectivity index (χ1n) is 12.5. The van der Waals surface area contributed by atoms with Gasteiger partial charge in [-0.2, -0.15) is 5.26 Å². The van der Waals surface area contributed by atoms with Gasteiger partial charge < -0.3 is 25.0 Å². The number of ether oxygens (including phenoxy) is 1. The first-order chi connectivity index (χ1) is 19.7. The summed E-state index contributed by atoms with van der Waals surface area (Å²) in [6, 6.07) is 20.8. The fourth-order valence-electron chi connectivity index (χ4n) is 4.08. The second kappa shape index (κ2) is 13.3. The second-order valence-corrected chi connectivity index (χ2v) is 9.48. The number of carbonyl (C=O) groups is 3. The van der Waals surface area contributed by atoms with E-state index in [1.54, 1.807) is 67.6 Å². The molecule has 3 aromatic carbocycles. The highest BCUT2D eigenvalue weighted by atomic mass is 35.5. The molecule has 0 spiro atoms. The van der Waals surface area contributed by atoms with Crippen LogP contribution >= 0.6 is 11.6 Å². The van der Waals surface area contributed by atoms with E-state index in [9.17, 15) is 19.5 Å². The number of benzene rings is 3. The molecule has 0 aliphatic heterocycles. The smallest absolute Gasteiger partial charge is 0.408 e. The van der Waals surface area contributed by atoms with E-state index >= 15 is 0 Å². The van der Waals surface area contributed by atoms with Gasteiger partial charge in [-0.3, -0.25) is 4.79 Å². The van der Waals surface area contributed by atoms with Crippen molar-refractivity contribution in [1.82, 2.24) is 15.8 Å². The SMILES string of the molecule is CC(OC(=O)NCc1conc1-c1ccc(C(=O)NC(Cc2cccc(C#N)c2)C(=O)O)cc1)c1ccccc1Cl. The zero-order chi connectivity index (χ0) is 29.4. The van der Waals surface area contributed by atoms with E-state index in [1.807, 2.05) is 6.07 Å². The topological polar surface area (TPSA) is 155 Å². The van der Waals surface area contributed by atoms with Gasteiger partial charge in [0.2, 0.25) is 0 Å². The van der Waals surface area contributed by atoms with Crippen molar-refractivity contribution in [3.8, 4) is 17.3 Å². The molecular formula is C30H25ClN4O6. The number of hydrogen-bond donors (Lipinski definition) is 3. The van der Waals surface area contributed by atoms with Crippen LogP contribution in [0.2, 0.25) is 5.02 Å². The molecule has 0 saturated heterocycles. The Morgan fingerprint density at radius 2 is 1.85 bits per heavy atom. The van der Waals surface area contributed by atoms with Gasteiger partial charge in [-0.1, -0.05) is 59.2 Å². The Hall–Kier alpha value is -5.14. The van der Waals surface area contributed by atoms with Gasteiger partial charge in [-0.15, -0.1) is 0 Å². The number of rotatable bonds is 10. The highest BCUT2D eigenvalue weighted by Crippen LogP contribution is 2.26. The number of aliphatic carboxylic acids is 1. The van der Waals surface area contributed by atoms with E-state index in [0.29, 0.717) is 38.5 Å². The molecule has 1 heterocycles. The molecule has 208 valence electrons. The molecular weight excluding hydrogens is 548 g/mol. The molecule has 1 aromatic heterocycles. The van der Waals surface area contributed by atoms with Gasteiger partial charge in [0.05, 0.1) is 18.2 Å². The molecule has 0 bridgehead atoms.